The summed E-state index contributed by atoms with van der Waals surface area (Å²) in [5.74, 6) is 12.5. The van der Waals surface area contributed by atoms with Crippen LogP contribution in [0.15, 0.2) is 18.6 Å². The van der Waals surface area contributed by atoms with E-state index in [0.717, 1.165) is 87.3 Å². The zero-order valence-electron chi connectivity index (χ0n) is 64.2. The van der Waals surface area contributed by atoms with E-state index in [9.17, 15) is 0 Å². The van der Waals surface area contributed by atoms with Crippen LogP contribution >= 0.6 is 0 Å². The summed E-state index contributed by atoms with van der Waals surface area (Å²) < 4.78 is 17.3. The summed E-state index contributed by atoms with van der Waals surface area (Å²) in [6.07, 6.45) is 31.2. The molecule has 4 aliphatic carbocycles. The van der Waals surface area contributed by atoms with Gasteiger partial charge in [0.15, 0.2) is 0 Å². The van der Waals surface area contributed by atoms with Gasteiger partial charge < -0.3 is 36.5 Å². The minimum atomic E-state index is 0.524. The summed E-state index contributed by atoms with van der Waals surface area (Å²) in [5, 5.41) is 0. The van der Waals surface area contributed by atoms with Crippen molar-refractivity contribution in [1.82, 2.24) is 76.4 Å². The summed E-state index contributed by atoms with van der Waals surface area (Å²) in [5.41, 5.74) is 16.5. The van der Waals surface area contributed by atoms with Crippen molar-refractivity contribution in [2.45, 2.75) is 310 Å². The Balaban J connectivity index is 0.000000193. The molecule has 0 saturated heterocycles. The molecule has 4 aliphatic rings. The van der Waals surface area contributed by atoms with Crippen molar-refractivity contribution >= 4 is 0 Å². The van der Waals surface area contributed by atoms with Gasteiger partial charge in [0.1, 0.15) is 46.6 Å². The van der Waals surface area contributed by atoms with E-state index in [1.54, 1.807) is 0 Å². The lowest BCUT2D eigenvalue weighted by Gasteiger charge is -2.20. The second kappa shape index (κ2) is 36.0. The highest BCUT2D eigenvalue weighted by Gasteiger charge is 2.24. The molecule has 0 atom stereocenters. The molecule has 0 amide bonds. The standard InChI is InChI=1S/C12H20N2.2C11H18N2.C10H16N2.2C9H16N2.C8H14N2.C7H12N2/c1-9-12(13-10(2)14(9)3)11-7-5-4-6-8-11;1-8-11(10-6-4-5-7-10)12-9(2)13(8)3;1-9-12-11(8-13(9)2)10-6-4-3-5-7-10;1-8-11-10(7-12(8)2)9-5-3-4-6-9;1-6(2)9-7(3)11(5)8(4)10-9;1-6(2)11-8(4)7(3)10-9(11)5;1-6(2)10-5-7(3)9-8(10)4;1-5-6(2)9(4)7(3)8-5/h11H,4-8H2,1-3H3;10H,4-7H2,1-3H3;8,10H,3-7H2,1-2H3;7,9H,3-6H2,1-2H3;2*6H,1-5H3;5-6H,1-4H3;1-4H3. The molecule has 8 aromatic heterocycles. The fraction of sp³-hybridized carbons (Fsp3) is 0.688. The monoisotopic (exact) mass is 1280 g/mol. The van der Waals surface area contributed by atoms with Crippen LogP contribution in [-0.4, -0.2) is 76.4 Å². The first-order valence-corrected chi connectivity index (χ1v) is 35.7. The molecule has 0 N–H and O–H groups in total. The first-order valence-electron chi connectivity index (χ1n) is 35.7. The smallest absolute Gasteiger partial charge is 0.106 e. The normalized spacial score (nSPS) is 15.3. The molecule has 8 aromatic rings. The molecule has 4 saturated carbocycles. The van der Waals surface area contributed by atoms with Gasteiger partial charge in [-0.25, -0.2) is 39.9 Å². The van der Waals surface area contributed by atoms with Gasteiger partial charge in [0.05, 0.1) is 45.6 Å². The fourth-order valence-corrected chi connectivity index (χ4v) is 13.9. The molecule has 0 unspecified atom stereocenters. The third-order valence-corrected chi connectivity index (χ3v) is 20.8. The van der Waals surface area contributed by atoms with Crippen molar-refractivity contribution < 1.29 is 0 Å². The molecule has 0 aromatic carbocycles. The highest BCUT2D eigenvalue weighted by Crippen LogP contribution is 2.37. The first kappa shape index (κ1) is 77.4. The zero-order valence-corrected chi connectivity index (χ0v) is 64.2. The lowest BCUT2D eigenvalue weighted by molar-refractivity contribution is 0.436. The molecule has 16 nitrogen and oxygen atoms in total. The first-order chi connectivity index (χ1) is 43.7. The van der Waals surface area contributed by atoms with Crippen LogP contribution < -0.4 is 0 Å². The van der Waals surface area contributed by atoms with Gasteiger partial charge in [0.25, 0.3) is 0 Å². The van der Waals surface area contributed by atoms with E-state index < -0.39 is 0 Å². The Morgan fingerprint density at radius 2 is 0.656 bits per heavy atom. The SMILES string of the molecule is Cc1cn(C(C)C)c(C)n1.Cc1nc(C(C)C)c(C)n1C.Cc1nc(C)n(C(C)C)c1C.Cc1nc(C)n(C)c1C.Cc1nc(C2CCCC2)c(C)n1C.Cc1nc(C2CCCC2)cn1C.Cc1nc(C2CCCCC2)c(C)n1C.Cc1nc(C2CCCCC2)cn1C. The third-order valence-electron chi connectivity index (χ3n) is 20.8. The van der Waals surface area contributed by atoms with Crippen LogP contribution in [-0.2, 0) is 42.3 Å². The van der Waals surface area contributed by atoms with Crippen LogP contribution in [0.1, 0.15) is 319 Å². The minimum Gasteiger partial charge on any atom is -0.338 e. The average molecular weight is 1280 g/mol. The summed E-state index contributed by atoms with van der Waals surface area (Å²) in [6, 6.07) is 1.05. The van der Waals surface area contributed by atoms with Crippen molar-refractivity contribution in [2.75, 3.05) is 0 Å². The van der Waals surface area contributed by atoms with Gasteiger partial charge in [-0.2, -0.15) is 0 Å². The Morgan fingerprint density at radius 3 is 0.871 bits per heavy atom. The number of hydrogen-bond donors (Lipinski definition) is 0. The van der Waals surface area contributed by atoms with Crippen molar-refractivity contribution in [3.05, 3.63) is 139 Å². The Bertz CT molecular complexity index is 3460. The average Bonchev–Trinajstić information content (AvgIpc) is 1.80. The number of rotatable bonds is 7. The predicted octanol–water partition coefficient (Wildman–Crippen LogP) is 18.9. The van der Waals surface area contributed by atoms with Gasteiger partial charge in [-0.1, -0.05) is 78.1 Å². The highest BCUT2D eigenvalue weighted by atomic mass is 15.1. The Hall–Kier alpha value is -6.32. The molecule has 12 rings (SSSR count). The van der Waals surface area contributed by atoms with Crippen LogP contribution in [0.3, 0.4) is 0 Å². The fourth-order valence-electron chi connectivity index (χ4n) is 13.9. The van der Waals surface area contributed by atoms with Crippen LogP contribution in [0.5, 0.6) is 0 Å². The number of hydrogen-bond acceptors (Lipinski definition) is 8. The summed E-state index contributed by atoms with van der Waals surface area (Å²) in [7, 11) is 12.5. The minimum absolute atomic E-state index is 0.524. The van der Waals surface area contributed by atoms with E-state index in [1.165, 1.54) is 173 Å². The molecule has 0 spiro atoms. The topological polar surface area (TPSA) is 143 Å². The molecule has 518 valence electrons. The van der Waals surface area contributed by atoms with Crippen LogP contribution in [0.4, 0.5) is 0 Å². The molecule has 0 aliphatic heterocycles. The van der Waals surface area contributed by atoms with Gasteiger partial charge in [0, 0.05) is 125 Å². The maximum absolute atomic E-state index is 4.70. The van der Waals surface area contributed by atoms with Gasteiger partial charge in [-0.05, 0) is 196 Å². The maximum Gasteiger partial charge on any atom is 0.106 e. The van der Waals surface area contributed by atoms with Gasteiger partial charge in [-0.15, -0.1) is 0 Å². The van der Waals surface area contributed by atoms with Gasteiger partial charge in [-0.3, -0.25) is 0 Å². The highest BCUT2D eigenvalue weighted by molar-refractivity contribution is 5.22. The van der Waals surface area contributed by atoms with Crippen LogP contribution in [0.2, 0.25) is 0 Å². The second-order valence-electron chi connectivity index (χ2n) is 28.6. The van der Waals surface area contributed by atoms with Crippen LogP contribution in [0, 0.1) is 111 Å². The van der Waals surface area contributed by atoms with Crippen molar-refractivity contribution in [3.8, 4) is 0 Å². The maximum atomic E-state index is 4.70. The quantitative estimate of drug-likeness (QED) is 0.153. The molecular weight excluding hydrogens is 1150 g/mol. The molecule has 4 fully saturated rings. The Labute approximate surface area is 564 Å². The van der Waals surface area contributed by atoms with E-state index in [2.05, 4.69) is 243 Å². The molecule has 0 bridgehead atoms. The van der Waals surface area contributed by atoms with E-state index in [4.69, 9.17) is 4.98 Å². The van der Waals surface area contributed by atoms with E-state index in [0.29, 0.717) is 18.0 Å². The second-order valence-corrected chi connectivity index (χ2v) is 28.6. The third kappa shape index (κ3) is 21.3. The number of nitrogens with zero attached hydrogens (tertiary/aromatic N) is 16. The number of aryl methyl sites for hydroxylation is 13. The zero-order chi connectivity index (χ0) is 69.3. The summed E-state index contributed by atoms with van der Waals surface area (Å²) in [4.78, 5) is 35.9. The van der Waals surface area contributed by atoms with Crippen molar-refractivity contribution in [3.63, 3.8) is 0 Å². The number of aromatic nitrogens is 16. The molecule has 0 radical (unpaired) electrons. The Morgan fingerprint density at radius 1 is 0.312 bits per heavy atom. The summed E-state index contributed by atoms with van der Waals surface area (Å²) >= 11 is 0. The molecular formula is C77H130N16. The molecule has 93 heavy (non-hydrogen) atoms. The summed E-state index contributed by atoms with van der Waals surface area (Å²) in [6.45, 7) is 46.3. The van der Waals surface area contributed by atoms with Crippen LogP contribution in [0.25, 0.3) is 0 Å². The van der Waals surface area contributed by atoms with Crippen molar-refractivity contribution in [2.24, 2.45) is 42.3 Å². The van der Waals surface area contributed by atoms with E-state index >= 15 is 0 Å². The molecule has 16 heteroatoms. The van der Waals surface area contributed by atoms with Gasteiger partial charge >= 0.3 is 0 Å². The largest absolute Gasteiger partial charge is 0.338 e. The van der Waals surface area contributed by atoms with Gasteiger partial charge in [0.2, 0.25) is 0 Å². The lowest BCUT2D eigenvalue weighted by atomic mass is 9.86. The number of imidazole rings is 8. The lowest BCUT2D eigenvalue weighted by Crippen LogP contribution is -2.06. The molecule has 8 heterocycles. The van der Waals surface area contributed by atoms with E-state index in [-0.39, 0.29) is 0 Å². The van der Waals surface area contributed by atoms with Crippen molar-refractivity contribution in [1.29, 1.82) is 0 Å². The Kier molecular flexibility index (Phi) is 29.9. The predicted molar refractivity (Wildman–Crippen MR) is 388 cm³/mol. The van der Waals surface area contributed by atoms with E-state index in [1.807, 2.05) is 41.7 Å².